The van der Waals surface area contributed by atoms with Crippen molar-refractivity contribution >= 4 is 29.5 Å². The molecule has 0 aliphatic carbocycles. The summed E-state index contributed by atoms with van der Waals surface area (Å²) in [6, 6.07) is 9.88. The smallest absolute Gasteiger partial charge is 0.313 e. The number of aromatic nitrogens is 3. The minimum Gasteiger partial charge on any atom is -0.481 e. The fourth-order valence-electron chi connectivity index (χ4n) is 2.31. The largest absolute Gasteiger partial charge is 0.481 e. The molecule has 1 aromatic carbocycles. The Hall–Kier alpha value is -1.47. The summed E-state index contributed by atoms with van der Waals surface area (Å²) < 4.78 is 2.00. The Kier molecular flexibility index (Phi) is 4.50. The fourth-order valence-corrected chi connectivity index (χ4v) is 4.24. The van der Waals surface area contributed by atoms with Gasteiger partial charge in [0, 0.05) is 5.69 Å². The Morgan fingerprint density at radius 1 is 1.38 bits per heavy atom. The van der Waals surface area contributed by atoms with Gasteiger partial charge in [0.1, 0.15) is 0 Å². The van der Waals surface area contributed by atoms with Gasteiger partial charge in [0.2, 0.25) is 0 Å². The number of carbonyl (C=O) groups is 1. The molecule has 1 aliphatic rings. The Morgan fingerprint density at radius 3 is 2.86 bits per heavy atom. The molecule has 0 saturated carbocycles. The zero-order valence-electron chi connectivity index (χ0n) is 11.3. The fraction of sp³-hybridized carbons (Fsp3) is 0.357. The van der Waals surface area contributed by atoms with Gasteiger partial charge in [-0.1, -0.05) is 30.0 Å². The van der Waals surface area contributed by atoms with Crippen molar-refractivity contribution in [2.45, 2.75) is 23.2 Å². The summed E-state index contributed by atoms with van der Waals surface area (Å²) in [6.45, 7) is 0. The predicted molar refractivity (Wildman–Crippen MR) is 84.2 cm³/mol. The standard InChI is InChI=1S/C14H15N3O2S2/c18-12(19)9-21-14-16-15-13(11-7-4-8-20-11)17(14)10-5-2-1-3-6-10/h1-3,5-6,11H,4,7-9H2,(H,18,19). The lowest BCUT2D eigenvalue weighted by Gasteiger charge is -2.13. The van der Waals surface area contributed by atoms with E-state index in [-0.39, 0.29) is 5.75 Å². The summed E-state index contributed by atoms with van der Waals surface area (Å²) in [5.41, 5.74) is 0.984. The molecule has 110 valence electrons. The number of rotatable bonds is 5. The number of carboxylic acids is 1. The second-order valence-corrected chi connectivity index (χ2v) is 6.95. The third-order valence-electron chi connectivity index (χ3n) is 3.22. The highest BCUT2D eigenvalue weighted by Gasteiger charge is 2.26. The van der Waals surface area contributed by atoms with Gasteiger partial charge < -0.3 is 5.11 Å². The number of aliphatic carboxylic acids is 1. The van der Waals surface area contributed by atoms with Crippen molar-refractivity contribution in [2.24, 2.45) is 0 Å². The lowest BCUT2D eigenvalue weighted by Crippen LogP contribution is -2.06. The molecule has 0 spiro atoms. The summed E-state index contributed by atoms with van der Waals surface area (Å²) in [6.07, 6.45) is 2.29. The summed E-state index contributed by atoms with van der Waals surface area (Å²) in [7, 11) is 0. The van der Waals surface area contributed by atoms with Crippen LogP contribution in [0.4, 0.5) is 0 Å². The van der Waals surface area contributed by atoms with E-state index in [1.165, 1.54) is 18.2 Å². The first kappa shape index (κ1) is 14.5. The number of hydrogen-bond acceptors (Lipinski definition) is 5. The van der Waals surface area contributed by atoms with E-state index in [0.29, 0.717) is 10.4 Å². The van der Waals surface area contributed by atoms with Crippen molar-refractivity contribution in [3.8, 4) is 5.69 Å². The zero-order valence-corrected chi connectivity index (χ0v) is 12.9. The predicted octanol–water partition coefficient (Wildman–Crippen LogP) is 3.01. The molecule has 0 radical (unpaired) electrons. The highest BCUT2D eigenvalue weighted by Crippen LogP contribution is 2.40. The molecular weight excluding hydrogens is 306 g/mol. The zero-order chi connectivity index (χ0) is 14.7. The first-order valence-electron chi connectivity index (χ1n) is 6.72. The minimum absolute atomic E-state index is 0.0111. The molecule has 1 aromatic heterocycles. The van der Waals surface area contributed by atoms with Crippen molar-refractivity contribution in [2.75, 3.05) is 11.5 Å². The van der Waals surface area contributed by atoms with Crippen molar-refractivity contribution < 1.29 is 9.90 Å². The van der Waals surface area contributed by atoms with E-state index in [9.17, 15) is 4.79 Å². The van der Waals surface area contributed by atoms with E-state index < -0.39 is 5.97 Å². The summed E-state index contributed by atoms with van der Waals surface area (Å²) in [5.74, 6) is 1.21. The molecule has 0 amide bonds. The van der Waals surface area contributed by atoms with Crippen LogP contribution in [0.1, 0.15) is 23.9 Å². The van der Waals surface area contributed by atoms with E-state index in [0.717, 1.165) is 23.7 Å². The monoisotopic (exact) mass is 321 g/mol. The van der Waals surface area contributed by atoms with Crippen molar-refractivity contribution in [1.82, 2.24) is 14.8 Å². The van der Waals surface area contributed by atoms with Crippen molar-refractivity contribution in [3.63, 3.8) is 0 Å². The van der Waals surface area contributed by atoms with Crippen LogP contribution in [-0.4, -0.2) is 37.3 Å². The van der Waals surface area contributed by atoms with Gasteiger partial charge >= 0.3 is 5.97 Å². The molecule has 0 bridgehead atoms. The normalized spacial score (nSPS) is 18.0. The maximum absolute atomic E-state index is 10.8. The second kappa shape index (κ2) is 6.53. The summed E-state index contributed by atoms with van der Waals surface area (Å²) >= 11 is 3.10. The first-order valence-corrected chi connectivity index (χ1v) is 8.76. The third kappa shape index (κ3) is 3.24. The van der Waals surface area contributed by atoms with Gasteiger partial charge in [-0.15, -0.1) is 10.2 Å². The number of para-hydroxylation sites is 1. The molecule has 1 N–H and O–H groups in total. The van der Waals surface area contributed by atoms with Crippen LogP contribution in [0.2, 0.25) is 0 Å². The van der Waals surface area contributed by atoms with E-state index in [4.69, 9.17) is 5.11 Å². The van der Waals surface area contributed by atoms with Crippen LogP contribution in [0.25, 0.3) is 5.69 Å². The average Bonchev–Trinajstić information content (AvgIpc) is 3.15. The Labute approximate surface area is 131 Å². The number of hydrogen-bond donors (Lipinski definition) is 1. The topological polar surface area (TPSA) is 68.0 Å². The van der Waals surface area contributed by atoms with Gasteiger partial charge in [0.15, 0.2) is 11.0 Å². The lowest BCUT2D eigenvalue weighted by molar-refractivity contribution is -0.133. The lowest BCUT2D eigenvalue weighted by atomic mass is 10.2. The first-order chi connectivity index (χ1) is 10.3. The van der Waals surface area contributed by atoms with Crippen LogP contribution in [0, 0.1) is 0 Å². The van der Waals surface area contributed by atoms with E-state index in [1.807, 2.05) is 46.7 Å². The molecular formula is C14H15N3O2S2. The van der Waals surface area contributed by atoms with Crippen LogP contribution in [0.5, 0.6) is 0 Å². The summed E-state index contributed by atoms with van der Waals surface area (Å²) in [4.78, 5) is 10.8. The second-order valence-electron chi connectivity index (χ2n) is 4.70. The molecule has 1 atom stereocenters. The number of nitrogens with zero attached hydrogens (tertiary/aromatic N) is 3. The van der Waals surface area contributed by atoms with Crippen LogP contribution >= 0.6 is 23.5 Å². The molecule has 1 unspecified atom stereocenters. The SMILES string of the molecule is O=C(O)CSc1nnc(C2CCCS2)n1-c1ccccc1. The van der Waals surface area contributed by atoms with E-state index in [2.05, 4.69) is 10.2 Å². The summed E-state index contributed by atoms with van der Waals surface area (Å²) in [5, 5.41) is 18.4. The number of benzene rings is 1. The molecule has 1 saturated heterocycles. The molecule has 2 heterocycles. The quantitative estimate of drug-likeness (QED) is 0.854. The maximum Gasteiger partial charge on any atom is 0.313 e. The van der Waals surface area contributed by atoms with Crippen molar-refractivity contribution in [3.05, 3.63) is 36.2 Å². The van der Waals surface area contributed by atoms with E-state index >= 15 is 0 Å². The number of thioether (sulfide) groups is 2. The van der Waals surface area contributed by atoms with Gasteiger partial charge in [-0.05, 0) is 30.7 Å². The molecule has 1 fully saturated rings. The molecule has 7 heteroatoms. The Balaban J connectivity index is 1.98. The minimum atomic E-state index is -0.848. The highest BCUT2D eigenvalue weighted by molar-refractivity contribution is 8.00. The van der Waals surface area contributed by atoms with Gasteiger partial charge in [0.25, 0.3) is 0 Å². The van der Waals surface area contributed by atoms with Gasteiger partial charge in [-0.25, -0.2) is 0 Å². The van der Waals surface area contributed by atoms with E-state index in [1.54, 1.807) is 0 Å². The van der Waals surface area contributed by atoms with Gasteiger partial charge in [-0.3, -0.25) is 9.36 Å². The Bertz CT molecular complexity index is 624. The third-order valence-corrected chi connectivity index (χ3v) is 5.50. The average molecular weight is 321 g/mol. The number of carboxylic acid groups (broad SMARTS) is 1. The van der Waals surface area contributed by atoms with Crippen LogP contribution in [-0.2, 0) is 4.79 Å². The molecule has 21 heavy (non-hydrogen) atoms. The molecule has 5 nitrogen and oxygen atoms in total. The highest BCUT2D eigenvalue weighted by atomic mass is 32.2. The van der Waals surface area contributed by atoms with Crippen LogP contribution < -0.4 is 0 Å². The van der Waals surface area contributed by atoms with Gasteiger partial charge in [-0.2, -0.15) is 11.8 Å². The maximum atomic E-state index is 10.8. The molecule has 1 aliphatic heterocycles. The molecule has 3 rings (SSSR count). The Morgan fingerprint density at radius 2 is 2.19 bits per heavy atom. The van der Waals surface area contributed by atoms with Crippen molar-refractivity contribution in [1.29, 1.82) is 0 Å². The van der Waals surface area contributed by atoms with Crippen LogP contribution in [0.3, 0.4) is 0 Å². The molecule has 2 aromatic rings. The van der Waals surface area contributed by atoms with Crippen LogP contribution in [0.15, 0.2) is 35.5 Å². The van der Waals surface area contributed by atoms with Gasteiger partial charge in [0.05, 0.1) is 11.0 Å².